The highest BCUT2D eigenvalue weighted by atomic mass is 32.2. The Morgan fingerprint density at radius 2 is 2.09 bits per heavy atom. The number of carboxylic acids is 1. The molecule has 8 nitrogen and oxygen atoms in total. The molecule has 2 heterocycles. The maximum Gasteiger partial charge on any atom is 0.341 e. The number of aromatic nitrogens is 4. The fourth-order valence-electron chi connectivity index (χ4n) is 1.65. The van der Waals surface area contributed by atoms with E-state index in [1.807, 2.05) is 20.1 Å². The summed E-state index contributed by atoms with van der Waals surface area (Å²) in [5, 5.41) is 16.6. The van der Waals surface area contributed by atoms with Crippen LogP contribution in [0.25, 0.3) is 0 Å². The van der Waals surface area contributed by atoms with E-state index in [-0.39, 0.29) is 23.3 Å². The Morgan fingerprint density at radius 3 is 2.64 bits per heavy atom. The Balaban J connectivity index is 2.26. The molecule has 0 aromatic carbocycles. The van der Waals surface area contributed by atoms with Crippen LogP contribution >= 0.6 is 11.8 Å². The van der Waals surface area contributed by atoms with E-state index in [0.717, 1.165) is 0 Å². The van der Waals surface area contributed by atoms with Crippen LogP contribution in [-0.4, -0.2) is 37.4 Å². The molecular formula is C13H17N5O3S. The predicted molar refractivity (Wildman–Crippen MR) is 81.2 cm³/mol. The zero-order valence-electron chi connectivity index (χ0n) is 12.7. The minimum absolute atomic E-state index is 0.00625. The highest BCUT2D eigenvalue weighted by molar-refractivity contribution is 7.98. The lowest BCUT2D eigenvalue weighted by molar-refractivity contribution is 0.0696. The lowest BCUT2D eigenvalue weighted by Crippen LogP contribution is -2.13. The molecule has 0 saturated carbocycles. The van der Waals surface area contributed by atoms with Crippen molar-refractivity contribution in [2.45, 2.75) is 37.9 Å². The fraction of sp³-hybridized carbons (Fsp3) is 0.462. The summed E-state index contributed by atoms with van der Waals surface area (Å²) < 4.78 is 5.20. The molecule has 22 heavy (non-hydrogen) atoms. The van der Waals surface area contributed by atoms with Gasteiger partial charge in [0.1, 0.15) is 17.4 Å². The van der Waals surface area contributed by atoms with Crippen molar-refractivity contribution in [1.82, 2.24) is 20.1 Å². The van der Waals surface area contributed by atoms with Crippen molar-refractivity contribution in [2.24, 2.45) is 0 Å². The molecule has 9 heteroatoms. The number of thioether (sulfide) groups is 1. The van der Waals surface area contributed by atoms with Crippen LogP contribution in [0.4, 0.5) is 5.82 Å². The van der Waals surface area contributed by atoms with Crippen LogP contribution < -0.4 is 5.32 Å². The number of aromatic carboxylic acids is 1. The quantitative estimate of drug-likeness (QED) is 0.611. The van der Waals surface area contributed by atoms with E-state index >= 15 is 0 Å². The maximum absolute atomic E-state index is 11.3. The van der Waals surface area contributed by atoms with Gasteiger partial charge in [0, 0.05) is 12.1 Å². The number of hydrogen-bond donors (Lipinski definition) is 2. The van der Waals surface area contributed by atoms with Gasteiger partial charge in [-0.3, -0.25) is 0 Å². The van der Waals surface area contributed by atoms with E-state index in [1.165, 1.54) is 18.0 Å². The van der Waals surface area contributed by atoms with Crippen LogP contribution in [0, 0.1) is 0 Å². The average Bonchev–Trinajstić information content (AvgIpc) is 2.97. The van der Waals surface area contributed by atoms with E-state index < -0.39 is 5.97 Å². The summed E-state index contributed by atoms with van der Waals surface area (Å²) in [7, 11) is 0. The van der Waals surface area contributed by atoms with Crippen molar-refractivity contribution in [2.75, 3.05) is 11.6 Å². The summed E-state index contributed by atoms with van der Waals surface area (Å²) in [5.74, 6) is 0.264. The lowest BCUT2D eigenvalue weighted by atomic mass is 10.2. The molecule has 0 radical (unpaired) electrons. The van der Waals surface area contributed by atoms with Gasteiger partial charge in [-0.25, -0.2) is 14.8 Å². The smallest absolute Gasteiger partial charge is 0.341 e. The lowest BCUT2D eigenvalue weighted by Gasteiger charge is -2.12. The third kappa shape index (κ3) is 3.53. The number of rotatable bonds is 6. The van der Waals surface area contributed by atoms with Gasteiger partial charge < -0.3 is 14.9 Å². The van der Waals surface area contributed by atoms with Gasteiger partial charge in [-0.05, 0) is 13.2 Å². The summed E-state index contributed by atoms with van der Waals surface area (Å²) >= 11 is 1.33. The number of carbonyl (C=O) groups is 1. The Morgan fingerprint density at radius 1 is 1.36 bits per heavy atom. The largest absolute Gasteiger partial charge is 0.477 e. The normalized spacial score (nSPS) is 12.4. The summed E-state index contributed by atoms with van der Waals surface area (Å²) in [5.41, 5.74) is -0.00625. The van der Waals surface area contributed by atoms with Gasteiger partial charge in [0.25, 0.3) is 0 Å². The number of hydrogen-bond acceptors (Lipinski definition) is 8. The van der Waals surface area contributed by atoms with Crippen molar-refractivity contribution in [3.05, 3.63) is 23.5 Å². The second kappa shape index (κ2) is 6.73. The Labute approximate surface area is 131 Å². The first-order valence-corrected chi connectivity index (χ1v) is 7.89. The zero-order valence-corrected chi connectivity index (χ0v) is 13.5. The third-order valence-electron chi connectivity index (χ3n) is 2.88. The summed E-state index contributed by atoms with van der Waals surface area (Å²) in [6.07, 6.45) is 3.10. The first kappa shape index (κ1) is 16.2. The van der Waals surface area contributed by atoms with Crippen molar-refractivity contribution in [3.8, 4) is 0 Å². The predicted octanol–water partition coefficient (Wildman–Crippen LogP) is 2.58. The van der Waals surface area contributed by atoms with Gasteiger partial charge in [0.05, 0.1) is 0 Å². The van der Waals surface area contributed by atoms with Gasteiger partial charge in [-0.15, -0.1) is 0 Å². The Kier molecular flexibility index (Phi) is 4.96. The minimum Gasteiger partial charge on any atom is -0.477 e. The maximum atomic E-state index is 11.3. The molecule has 2 N–H and O–H groups in total. The standard InChI is InChI=1S/C13H17N5O3S/c1-6(2)9-16-11(21-18-9)7(3)15-10-8(12(19)20)5-14-13(17-10)22-4/h5-7H,1-4H3,(H,19,20)(H,14,15,17). The van der Waals surface area contributed by atoms with Crippen molar-refractivity contribution in [1.29, 1.82) is 0 Å². The van der Waals surface area contributed by atoms with Crippen LogP contribution in [-0.2, 0) is 0 Å². The molecule has 0 aliphatic rings. The minimum atomic E-state index is -1.10. The first-order valence-electron chi connectivity index (χ1n) is 6.66. The number of carboxylic acid groups (broad SMARTS) is 1. The van der Waals surface area contributed by atoms with Gasteiger partial charge in [0.2, 0.25) is 5.89 Å². The molecule has 0 bridgehead atoms. The molecule has 0 aliphatic carbocycles. The molecule has 2 aromatic heterocycles. The molecule has 2 aromatic rings. The molecular weight excluding hydrogens is 306 g/mol. The van der Waals surface area contributed by atoms with E-state index in [0.29, 0.717) is 16.9 Å². The van der Waals surface area contributed by atoms with Crippen LogP contribution in [0.2, 0.25) is 0 Å². The fourth-order valence-corrected chi connectivity index (χ4v) is 2.00. The van der Waals surface area contributed by atoms with Crippen LogP contribution in [0.3, 0.4) is 0 Å². The van der Waals surface area contributed by atoms with Crippen molar-refractivity contribution in [3.63, 3.8) is 0 Å². The van der Waals surface area contributed by atoms with E-state index in [2.05, 4.69) is 25.4 Å². The highest BCUT2D eigenvalue weighted by Crippen LogP contribution is 2.22. The summed E-state index contributed by atoms with van der Waals surface area (Å²) in [6, 6.07) is -0.372. The molecule has 0 fully saturated rings. The van der Waals surface area contributed by atoms with E-state index in [1.54, 1.807) is 6.92 Å². The second-order valence-corrected chi connectivity index (χ2v) is 5.71. The average molecular weight is 323 g/mol. The summed E-state index contributed by atoms with van der Waals surface area (Å²) in [6.45, 7) is 5.72. The Bertz CT molecular complexity index is 673. The van der Waals surface area contributed by atoms with Crippen molar-refractivity contribution < 1.29 is 14.4 Å². The van der Waals surface area contributed by atoms with Gasteiger partial charge in [0.15, 0.2) is 11.0 Å². The van der Waals surface area contributed by atoms with Crippen LogP contribution in [0.5, 0.6) is 0 Å². The topological polar surface area (TPSA) is 114 Å². The molecule has 0 saturated heterocycles. The monoisotopic (exact) mass is 323 g/mol. The van der Waals surface area contributed by atoms with Crippen LogP contribution in [0.1, 0.15) is 54.8 Å². The molecule has 0 amide bonds. The zero-order chi connectivity index (χ0) is 16.3. The second-order valence-electron chi connectivity index (χ2n) is 4.94. The Hall–Kier alpha value is -2.16. The van der Waals surface area contributed by atoms with Gasteiger partial charge in [-0.1, -0.05) is 30.8 Å². The highest BCUT2D eigenvalue weighted by Gasteiger charge is 2.20. The summed E-state index contributed by atoms with van der Waals surface area (Å²) in [4.78, 5) is 23.7. The third-order valence-corrected chi connectivity index (χ3v) is 3.44. The van der Waals surface area contributed by atoms with Crippen LogP contribution in [0.15, 0.2) is 15.9 Å². The number of nitrogens with zero attached hydrogens (tertiary/aromatic N) is 4. The van der Waals surface area contributed by atoms with Crippen molar-refractivity contribution >= 4 is 23.5 Å². The van der Waals surface area contributed by atoms with E-state index in [9.17, 15) is 9.90 Å². The van der Waals surface area contributed by atoms with Gasteiger partial charge >= 0.3 is 5.97 Å². The molecule has 2 rings (SSSR count). The number of anilines is 1. The molecule has 1 atom stereocenters. The number of nitrogens with one attached hydrogen (secondary N) is 1. The molecule has 0 spiro atoms. The first-order chi connectivity index (χ1) is 10.4. The SMILES string of the molecule is CSc1ncc(C(=O)O)c(NC(C)c2nc(C(C)C)no2)n1. The van der Waals surface area contributed by atoms with Gasteiger partial charge in [-0.2, -0.15) is 4.98 Å². The molecule has 118 valence electrons. The molecule has 0 aliphatic heterocycles. The molecule has 1 unspecified atom stereocenters. The van der Waals surface area contributed by atoms with E-state index in [4.69, 9.17) is 4.52 Å².